The number of hydrogen-bond acceptors (Lipinski definition) is 5. The third kappa shape index (κ3) is 5.46. The molecule has 7 nitrogen and oxygen atoms in total. The lowest BCUT2D eigenvalue weighted by Gasteiger charge is -2.23. The zero-order valence-electron chi connectivity index (χ0n) is 11.2. The molecular formula is C11H19NO6S. The van der Waals surface area contributed by atoms with E-state index in [9.17, 15) is 18.0 Å². The predicted molar refractivity (Wildman–Crippen MR) is 67.6 cm³/mol. The monoisotopic (exact) mass is 293 g/mol. The van der Waals surface area contributed by atoms with Crippen LogP contribution in [0.2, 0.25) is 0 Å². The summed E-state index contributed by atoms with van der Waals surface area (Å²) < 4.78 is 28.1. The molecule has 0 spiro atoms. The van der Waals surface area contributed by atoms with Crippen molar-refractivity contribution in [1.82, 2.24) is 5.32 Å². The lowest BCUT2D eigenvalue weighted by molar-refractivity contribution is -0.138. The minimum Gasteiger partial charge on any atom is -0.481 e. The SMILES string of the molecule is CC(C)(C)OC(=O)N[C@@H]1CS(=O)(=O)C[C@@H]1CC(=O)O. The van der Waals surface area contributed by atoms with Crippen LogP contribution < -0.4 is 5.32 Å². The number of sulfone groups is 1. The van der Waals surface area contributed by atoms with Crippen LogP contribution in [0.25, 0.3) is 0 Å². The van der Waals surface area contributed by atoms with E-state index in [4.69, 9.17) is 9.84 Å². The first-order valence-corrected chi connectivity index (χ1v) is 7.72. The van der Waals surface area contributed by atoms with Crippen molar-refractivity contribution in [3.8, 4) is 0 Å². The van der Waals surface area contributed by atoms with E-state index in [0.29, 0.717) is 0 Å². The summed E-state index contributed by atoms with van der Waals surface area (Å²) in [6.45, 7) is 5.06. The van der Waals surface area contributed by atoms with Crippen LogP contribution in [0.3, 0.4) is 0 Å². The van der Waals surface area contributed by atoms with E-state index in [1.54, 1.807) is 20.8 Å². The molecule has 0 aromatic heterocycles. The average molecular weight is 293 g/mol. The smallest absolute Gasteiger partial charge is 0.407 e. The highest BCUT2D eigenvalue weighted by Gasteiger charge is 2.40. The fraction of sp³-hybridized carbons (Fsp3) is 0.818. The van der Waals surface area contributed by atoms with Crippen molar-refractivity contribution >= 4 is 21.9 Å². The van der Waals surface area contributed by atoms with Gasteiger partial charge in [0.1, 0.15) is 5.60 Å². The number of carboxylic acid groups (broad SMARTS) is 1. The van der Waals surface area contributed by atoms with E-state index >= 15 is 0 Å². The molecule has 0 aromatic carbocycles. The first-order chi connectivity index (χ1) is 8.48. The van der Waals surface area contributed by atoms with E-state index in [1.807, 2.05) is 0 Å². The first-order valence-electron chi connectivity index (χ1n) is 5.90. The molecule has 1 rings (SSSR count). The minimum absolute atomic E-state index is 0.222. The van der Waals surface area contributed by atoms with E-state index in [0.717, 1.165) is 0 Å². The normalized spacial score (nSPS) is 25.8. The molecule has 1 aliphatic rings. The van der Waals surface area contributed by atoms with E-state index < -0.39 is 39.5 Å². The molecule has 1 amide bonds. The maximum Gasteiger partial charge on any atom is 0.407 e. The number of carboxylic acids is 1. The van der Waals surface area contributed by atoms with Crippen molar-refractivity contribution in [2.75, 3.05) is 11.5 Å². The highest BCUT2D eigenvalue weighted by atomic mass is 32.2. The Bertz CT molecular complexity index is 464. The van der Waals surface area contributed by atoms with Crippen LogP contribution in [-0.2, 0) is 19.4 Å². The number of carbonyl (C=O) groups excluding carboxylic acids is 1. The molecule has 1 heterocycles. The van der Waals surface area contributed by atoms with Gasteiger partial charge in [-0.15, -0.1) is 0 Å². The summed E-state index contributed by atoms with van der Waals surface area (Å²) in [5, 5.41) is 11.2. The summed E-state index contributed by atoms with van der Waals surface area (Å²) in [5.41, 5.74) is -0.691. The molecule has 19 heavy (non-hydrogen) atoms. The Morgan fingerprint density at radius 1 is 1.32 bits per heavy atom. The van der Waals surface area contributed by atoms with Crippen molar-refractivity contribution in [3.05, 3.63) is 0 Å². The second-order valence-corrected chi connectivity index (χ2v) is 7.84. The Hall–Kier alpha value is -1.31. The Labute approximate surface area is 112 Å². The van der Waals surface area contributed by atoms with Crippen LogP contribution in [0.4, 0.5) is 4.79 Å². The number of hydrogen-bond donors (Lipinski definition) is 2. The quantitative estimate of drug-likeness (QED) is 0.779. The molecule has 2 N–H and O–H groups in total. The second-order valence-electron chi connectivity index (χ2n) is 5.69. The van der Waals surface area contributed by atoms with Crippen molar-refractivity contribution < 1.29 is 27.9 Å². The van der Waals surface area contributed by atoms with Crippen LogP contribution in [0.15, 0.2) is 0 Å². The van der Waals surface area contributed by atoms with Crippen LogP contribution in [0.1, 0.15) is 27.2 Å². The lowest BCUT2D eigenvalue weighted by atomic mass is 10.0. The molecule has 0 aromatic rings. The van der Waals surface area contributed by atoms with Crippen molar-refractivity contribution in [1.29, 1.82) is 0 Å². The van der Waals surface area contributed by atoms with Gasteiger partial charge in [-0.2, -0.15) is 0 Å². The van der Waals surface area contributed by atoms with Crippen LogP contribution in [0.5, 0.6) is 0 Å². The molecule has 1 aliphatic heterocycles. The Morgan fingerprint density at radius 3 is 2.37 bits per heavy atom. The van der Waals surface area contributed by atoms with Gasteiger partial charge in [0.25, 0.3) is 0 Å². The number of carbonyl (C=O) groups is 2. The molecule has 8 heteroatoms. The highest BCUT2D eigenvalue weighted by Crippen LogP contribution is 2.23. The van der Waals surface area contributed by atoms with Gasteiger partial charge in [0.05, 0.1) is 24.0 Å². The Kier molecular flexibility index (Phi) is 4.44. The Balaban J connectivity index is 2.69. The zero-order valence-corrected chi connectivity index (χ0v) is 12.0. The van der Waals surface area contributed by atoms with Gasteiger partial charge in [-0.05, 0) is 20.8 Å². The van der Waals surface area contributed by atoms with Gasteiger partial charge in [0.2, 0.25) is 0 Å². The fourth-order valence-electron chi connectivity index (χ4n) is 1.96. The highest BCUT2D eigenvalue weighted by molar-refractivity contribution is 7.91. The van der Waals surface area contributed by atoms with Crippen LogP contribution >= 0.6 is 0 Å². The molecular weight excluding hydrogens is 274 g/mol. The zero-order chi connectivity index (χ0) is 14.8. The topological polar surface area (TPSA) is 110 Å². The molecule has 0 aliphatic carbocycles. The maximum atomic E-state index is 11.6. The standard InChI is InChI=1S/C11H19NO6S/c1-11(2,3)18-10(15)12-8-6-19(16,17)5-7(8)4-9(13)14/h7-8H,4-6H2,1-3H3,(H,12,15)(H,13,14)/t7-,8+/m0/s1. The van der Waals surface area contributed by atoms with Gasteiger partial charge in [0, 0.05) is 5.92 Å². The maximum absolute atomic E-state index is 11.6. The molecule has 1 fully saturated rings. The molecule has 0 saturated carbocycles. The summed E-state index contributed by atoms with van der Waals surface area (Å²) >= 11 is 0. The summed E-state index contributed by atoms with van der Waals surface area (Å²) in [7, 11) is -3.31. The molecule has 0 bridgehead atoms. The minimum atomic E-state index is -3.31. The first kappa shape index (κ1) is 15.7. The van der Waals surface area contributed by atoms with E-state index in [2.05, 4.69) is 5.32 Å². The number of rotatable bonds is 3. The van der Waals surface area contributed by atoms with Gasteiger partial charge >= 0.3 is 12.1 Å². The second kappa shape index (κ2) is 5.36. The van der Waals surface area contributed by atoms with Gasteiger partial charge < -0.3 is 15.2 Å². The van der Waals surface area contributed by atoms with E-state index in [1.165, 1.54) is 0 Å². The van der Waals surface area contributed by atoms with Gasteiger partial charge in [-0.1, -0.05) is 0 Å². The third-order valence-corrected chi connectivity index (χ3v) is 4.41. The fourth-order valence-corrected chi connectivity index (χ4v) is 4.01. The summed E-state index contributed by atoms with van der Waals surface area (Å²) in [6, 6.07) is -0.712. The number of aliphatic carboxylic acids is 1. The third-order valence-electron chi connectivity index (χ3n) is 2.61. The number of amides is 1. The van der Waals surface area contributed by atoms with E-state index in [-0.39, 0.29) is 17.9 Å². The largest absolute Gasteiger partial charge is 0.481 e. The number of alkyl carbamates (subject to hydrolysis) is 1. The van der Waals surface area contributed by atoms with Crippen molar-refractivity contribution in [3.63, 3.8) is 0 Å². The van der Waals surface area contributed by atoms with Crippen LogP contribution in [0, 0.1) is 5.92 Å². The summed E-state index contributed by atoms with van der Waals surface area (Å²) in [4.78, 5) is 22.3. The number of ether oxygens (including phenoxy) is 1. The summed E-state index contributed by atoms with van der Waals surface area (Å²) in [5.74, 6) is -2.17. The van der Waals surface area contributed by atoms with Crippen LogP contribution in [-0.4, -0.2) is 48.7 Å². The lowest BCUT2D eigenvalue weighted by Crippen LogP contribution is -2.43. The van der Waals surface area contributed by atoms with Gasteiger partial charge in [-0.25, -0.2) is 13.2 Å². The predicted octanol–water partition coefficient (Wildman–Crippen LogP) is 0.399. The van der Waals surface area contributed by atoms with Crippen molar-refractivity contribution in [2.45, 2.75) is 38.8 Å². The molecule has 110 valence electrons. The van der Waals surface area contributed by atoms with Crippen molar-refractivity contribution in [2.24, 2.45) is 5.92 Å². The average Bonchev–Trinajstić information content (AvgIpc) is 2.35. The molecule has 1 saturated heterocycles. The molecule has 2 atom stereocenters. The van der Waals surface area contributed by atoms with Gasteiger partial charge in [0.15, 0.2) is 9.84 Å². The Morgan fingerprint density at radius 2 is 1.89 bits per heavy atom. The summed E-state index contributed by atoms with van der Waals surface area (Å²) in [6.07, 6.45) is -1.02. The van der Waals surface area contributed by atoms with Gasteiger partial charge in [-0.3, -0.25) is 4.79 Å². The molecule has 0 unspecified atom stereocenters. The number of nitrogens with one attached hydrogen (secondary N) is 1. The molecule has 0 radical (unpaired) electrons.